The van der Waals surface area contributed by atoms with Gasteiger partial charge in [0.1, 0.15) is 0 Å². The summed E-state index contributed by atoms with van der Waals surface area (Å²) in [5.74, 6) is 0.785. The van der Waals surface area contributed by atoms with Crippen LogP contribution in [0.3, 0.4) is 0 Å². The third-order valence-corrected chi connectivity index (χ3v) is 3.66. The van der Waals surface area contributed by atoms with Crippen LogP contribution in [0.5, 0.6) is 0 Å². The zero-order valence-electron chi connectivity index (χ0n) is 9.88. The highest BCUT2D eigenvalue weighted by Gasteiger charge is 2.44. The number of aryl methyl sites for hydroxylation is 1. The van der Waals surface area contributed by atoms with Crippen LogP contribution in [0.4, 0.5) is 5.69 Å². The van der Waals surface area contributed by atoms with Gasteiger partial charge in [-0.05, 0) is 43.2 Å². The molecule has 0 radical (unpaired) electrons. The third kappa shape index (κ3) is 2.31. The molecule has 1 saturated carbocycles. The maximum Gasteiger partial charge on any atom is 0.0393 e. The van der Waals surface area contributed by atoms with Crippen LogP contribution in [0.15, 0.2) is 18.3 Å². The second kappa shape index (κ2) is 3.84. The van der Waals surface area contributed by atoms with Gasteiger partial charge in [0, 0.05) is 24.1 Å². The molecular weight excluding hydrogens is 184 g/mol. The molecule has 1 aromatic rings. The van der Waals surface area contributed by atoms with Crippen LogP contribution in [0.1, 0.15) is 32.4 Å². The van der Waals surface area contributed by atoms with Gasteiger partial charge < -0.3 is 5.32 Å². The Morgan fingerprint density at radius 1 is 1.47 bits per heavy atom. The van der Waals surface area contributed by atoms with Gasteiger partial charge >= 0.3 is 0 Å². The van der Waals surface area contributed by atoms with Crippen LogP contribution < -0.4 is 5.32 Å². The zero-order chi connectivity index (χ0) is 10.9. The molecule has 1 N–H and O–H groups in total. The Labute approximate surface area is 92.1 Å². The Balaban J connectivity index is 1.94. The number of nitrogens with zero attached hydrogens (tertiary/aromatic N) is 1. The van der Waals surface area contributed by atoms with Crippen molar-refractivity contribution in [3.8, 4) is 0 Å². The molecule has 0 unspecified atom stereocenters. The van der Waals surface area contributed by atoms with Crippen LogP contribution >= 0.6 is 0 Å². The third-order valence-electron chi connectivity index (χ3n) is 3.66. The summed E-state index contributed by atoms with van der Waals surface area (Å²) < 4.78 is 0. The lowest BCUT2D eigenvalue weighted by atomic mass is 9.92. The quantitative estimate of drug-likeness (QED) is 0.814. The van der Waals surface area contributed by atoms with E-state index >= 15 is 0 Å². The molecule has 1 aromatic heterocycles. The maximum absolute atomic E-state index is 4.19. The predicted molar refractivity (Wildman–Crippen MR) is 64.0 cm³/mol. The fraction of sp³-hybridized carbons (Fsp3) is 0.615. The molecule has 1 aliphatic carbocycles. The van der Waals surface area contributed by atoms with Crippen molar-refractivity contribution in [1.82, 2.24) is 4.98 Å². The number of hydrogen-bond acceptors (Lipinski definition) is 2. The summed E-state index contributed by atoms with van der Waals surface area (Å²) in [6.07, 6.45) is 4.62. The Kier molecular flexibility index (Phi) is 2.68. The molecule has 0 bridgehead atoms. The Hall–Kier alpha value is -1.05. The largest absolute Gasteiger partial charge is 0.384 e. The average Bonchev–Trinajstić information content (AvgIpc) is 2.96. The fourth-order valence-electron chi connectivity index (χ4n) is 2.05. The van der Waals surface area contributed by atoms with E-state index in [0.29, 0.717) is 5.41 Å². The number of rotatable bonds is 4. The predicted octanol–water partition coefficient (Wildman–Crippen LogP) is 3.24. The van der Waals surface area contributed by atoms with Gasteiger partial charge in [-0.25, -0.2) is 0 Å². The highest BCUT2D eigenvalue weighted by atomic mass is 14.9. The summed E-state index contributed by atoms with van der Waals surface area (Å²) in [4.78, 5) is 4.19. The van der Waals surface area contributed by atoms with E-state index in [1.54, 1.807) is 0 Å². The topological polar surface area (TPSA) is 24.9 Å². The summed E-state index contributed by atoms with van der Waals surface area (Å²) in [5, 5.41) is 3.53. The first-order valence-corrected chi connectivity index (χ1v) is 5.79. The zero-order valence-corrected chi connectivity index (χ0v) is 9.88. The molecule has 0 atom stereocenters. The van der Waals surface area contributed by atoms with E-state index in [1.165, 1.54) is 18.5 Å². The fourth-order valence-corrected chi connectivity index (χ4v) is 2.05. The van der Waals surface area contributed by atoms with Crippen molar-refractivity contribution in [3.63, 3.8) is 0 Å². The molecule has 0 saturated heterocycles. The first-order chi connectivity index (χ1) is 7.12. The van der Waals surface area contributed by atoms with Gasteiger partial charge in [0.25, 0.3) is 0 Å². The molecule has 2 heteroatoms. The van der Waals surface area contributed by atoms with Crippen LogP contribution in [0, 0.1) is 18.3 Å². The molecule has 1 aliphatic rings. The molecule has 1 fully saturated rings. The standard InChI is InChI=1S/C13H20N2/c1-10(2)13(5-6-13)9-15-12-4-7-14-11(3)8-12/h4,7-8,10H,5-6,9H2,1-3H3,(H,14,15). The number of aromatic nitrogens is 1. The summed E-state index contributed by atoms with van der Waals surface area (Å²) in [6.45, 7) is 7.79. The van der Waals surface area contributed by atoms with Gasteiger partial charge in [0.15, 0.2) is 0 Å². The lowest BCUT2D eigenvalue weighted by Gasteiger charge is -2.20. The lowest BCUT2D eigenvalue weighted by Crippen LogP contribution is -2.20. The van der Waals surface area contributed by atoms with Crippen LogP contribution in [0.25, 0.3) is 0 Å². The molecular formula is C13H20N2. The minimum absolute atomic E-state index is 0.567. The van der Waals surface area contributed by atoms with Crippen molar-refractivity contribution in [2.24, 2.45) is 11.3 Å². The van der Waals surface area contributed by atoms with Crippen molar-refractivity contribution < 1.29 is 0 Å². The van der Waals surface area contributed by atoms with E-state index in [1.807, 2.05) is 19.2 Å². The van der Waals surface area contributed by atoms with E-state index in [2.05, 4.69) is 30.2 Å². The van der Waals surface area contributed by atoms with Crippen LogP contribution in [-0.4, -0.2) is 11.5 Å². The van der Waals surface area contributed by atoms with Crippen molar-refractivity contribution in [3.05, 3.63) is 24.0 Å². The summed E-state index contributed by atoms with van der Waals surface area (Å²) in [6, 6.07) is 4.15. The second-order valence-electron chi connectivity index (χ2n) is 5.06. The molecule has 82 valence electrons. The van der Waals surface area contributed by atoms with Crippen LogP contribution in [0.2, 0.25) is 0 Å². The molecule has 2 rings (SSSR count). The van der Waals surface area contributed by atoms with E-state index in [-0.39, 0.29) is 0 Å². The monoisotopic (exact) mass is 204 g/mol. The van der Waals surface area contributed by atoms with Crippen molar-refractivity contribution in [1.29, 1.82) is 0 Å². The molecule has 0 aromatic carbocycles. The molecule has 2 nitrogen and oxygen atoms in total. The van der Waals surface area contributed by atoms with Gasteiger partial charge in [0.2, 0.25) is 0 Å². The SMILES string of the molecule is Cc1cc(NCC2(C(C)C)CC2)ccn1. The maximum atomic E-state index is 4.19. The van der Waals surface area contributed by atoms with Gasteiger partial charge in [-0.3, -0.25) is 4.98 Å². The highest BCUT2D eigenvalue weighted by Crippen LogP contribution is 2.51. The van der Waals surface area contributed by atoms with E-state index in [0.717, 1.165) is 18.2 Å². The van der Waals surface area contributed by atoms with E-state index < -0.39 is 0 Å². The Bertz CT molecular complexity index is 340. The number of pyridine rings is 1. The first-order valence-electron chi connectivity index (χ1n) is 5.79. The van der Waals surface area contributed by atoms with Crippen LogP contribution in [-0.2, 0) is 0 Å². The number of anilines is 1. The molecule has 0 amide bonds. The minimum atomic E-state index is 0.567. The number of nitrogens with one attached hydrogen (secondary N) is 1. The number of hydrogen-bond donors (Lipinski definition) is 1. The van der Waals surface area contributed by atoms with E-state index in [9.17, 15) is 0 Å². The summed E-state index contributed by atoms with van der Waals surface area (Å²) >= 11 is 0. The minimum Gasteiger partial charge on any atom is -0.384 e. The summed E-state index contributed by atoms with van der Waals surface area (Å²) in [5.41, 5.74) is 2.85. The molecule has 15 heavy (non-hydrogen) atoms. The highest BCUT2D eigenvalue weighted by molar-refractivity contribution is 5.43. The smallest absolute Gasteiger partial charge is 0.0393 e. The second-order valence-corrected chi connectivity index (χ2v) is 5.06. The van der Waals surface area contributed by atoms with Gasteiger partial charge in [-0.15, -0.1) is 0 Å². The molecule has 1 heterocycles. The molecule has 0 aliphatic heterocycles. The lowest BCUT2D eigenvalue weighted by molar-refractivity contribution is 0.380. The van der Waals surface area contributed by atoms with Crippen molar-refractivity contribution in [2.45, 2.75) is 33.6 Å². The van der Waals surface area contributed by atoms with Gasteiger partial charge in [-0.2, -0.15) is 0 Å². The van der Waals surface area contributed by atoms with E-state index in [4.69, 9.17) is 0 Å². The summed E-state index contributed by atoms with van der Waals surface area (Å²) in [7, 11) is 0. The van der Waals surface area contributed by atoms with Gasteiger partial charge in [0.05, 0.1) is 0 Å². The Morgan fingerprint density at radius 2 is 2.20 bits per heavy atom. The van der Waals surface area contributed by atoms with Crippen molar-refractivity contribution in [2.75, 3.05) is 11.9 Å². The average molecular weight is 204 g/mol. The Morgan fingerprint density at radius 3 is 2.73 bits per heavy atom. The van der Waals surface area contributed by atoms with Gasteiger partial charge in [-0.1, -0.05) is 13.8 Å². The van der Waals surface area contributed by atoms with Crippen molar-refractivity contribution >= 4 is 5.69 Å². The normalized spacial score (nSPS) is 17.9. The molecule has 0 spiro atoms. The first kappa shape index (κ1) is 10.5.